The molecule has 112 valence electrons. The Kier molecular flexibility index (Phi) is 4.96. The standard InChI is InChI=1S/C16H20N2O2S/c1-3-18(16-9-6-7-14(2)13-16)21(19,20)12-10-15-8-4-5-11-17-15/h4-9,11,13H,3,10,12H2,1-2H3. The zero-order valence-corrected chi connectivity index (χ0v) is 13.2. The van der Waals surface area contributed by atoms with Crippen molar-refractivity contribution in [3.8, 4) is 0 Å². The summed E-state index contributed by atoms with van der Waals surface area (Å²) in [4.78, 5) is 4.17. The highest BCUT2D eigenvalue weighted by molar-refractivity contribution is 7.92. The van der Waals surface area contributed by atoms with Crippen molar-refractivity contribution < 1.29 is 8.42 Å². The van der Waals surface area contributed by atoms with E-state index in [0.717, 1.165) is 16.9 Å². The molecule has 1 aromatic carbocycles. The van der Waals surface area contributed by atoms with Crippen LogP contribution in [0.4, 0.5) is 5.69 Å². The third-order valence-electron chi connectivity index (χ3n) is 3.25. The van der Waals surface area contributed by atoms with E-state index in [1.807, 2.05) is 56.3 Å². The zero-order valence-electron chi connectivity index (χ0n) is 12.4. The molecule has 21 heavy (non-hydrogen) atoms. The monoisotopic (exact) mass is 304 g/mol. The van der Waals surface area contributed by atoms with Gasteiger partial charge in [0.1, 0.15) is 0 Å². The number of rotatable bonds is 6. The number of benzene rings is 1. The fourth-order valence-corrected chi connectivity index (χ4v) is 3.73. The second-order valence-corrected chi connectivity index (χ2v) is 6.90. The lowest BCUT2D eigenvalue weighted by Gasteiger charge is -2.23. The van der Waals surface area contributed by atoms with Gasteiger partial charge in [0.15, 0.2) is 0 Å². The molecule has 0 aliphatic carbocycles. The molecule has 0 saturated carbocycles. The molecule has 0 fully saturated rings. The Balaban J connectivity index is 2.16. The van der Waals surface area contributed by atoms with Crippen LogP contribution in [-0.2, 0) is 16.4 Å². The summed E-state index contributed by atoms with van der Waals surface area (Å²) in [5, 5.41) is 0. The molecule has 0 N–H and O–H groups in total. The highest BCUT2D eigenvalue weighted by Gasteiger charge is 2.21. The fourth-order valence-electron chi connectivity index (χ4n) is 2.21. The van der Waals surface area contributed by atoms with Crippen molar-refractivity contribution in [1.82, 2.24) is 4.98 Å². The van der Waals surface area contributed by atoms with Crippen LogP contribution in [0.2, 0.25) is 0 Å². The highest BCUT2D eigenvalue weighted by Crippen LogP contribution is 2.20. The van der Waals surface area contributed by atoms with E-state index in [9.17, 15) is 8.42 Å². The van der Waals surface area contributed by atoms with Crippen molar-refractivity contribution >= 4 is 15.7 Å². The predicted octanol–water partition coefficient (Wildman–Crippen LogP) is 2.79. The topological polar surface area (TPSA) is 50.3 Å². The van der Waals surface area contributed by atoms with E-state index in [2.05, 4.69) is 4.98 Å². The molecular weight excluding hydrogens is 284 g/mol. The van der Waals surface area contributed by atoms with E-state index in [0.29, 0.717) is 13.0 Å². The van der Waals surface area contributed by atoms with Gasteiger partial charge in [-0.3, -0.25) is 9.29 Å². The van der Waals surface area contributed by atoms with Crippen LogP contribution in [0.5, 0.6) is 0 Å². The van der Waals surface area contributed by atoms with E-state index in [-0.39, 0.29) is 5.75 Å². The van der Waals surface area contributed by atoms with Crippen molar-refractivity contribution in [2.24, 2.45) is 0 Å². The van der Waals surface area contributed by atoms with Gasteiger partial charge in [0.25, 0.3) is 0 Å². The van der Waals surface area contributed by atoms with E-state index >= 15 is 0 Å². The number of sulfonamides is 1. The minimum Gasteiger partial charge on any atom is -0.271 e. The molecule has 5 heteroatoms. The Hall–Kier alpha value is -1.88. The van der Waals surface area contributed by atoms with Crippen LogP contribution >= 0.6 is 0 Å². The van der Waals surface area contributed by atoms with Crippen LogP contribution in [0.25, 0.3) is 0 Å². The molecule has 0 amide bonds. The third kappa shape index (κ3) is 4.04. The molecule has 0 aliphatic rings. The van der Waals surface area contributed by atoms with Gasteiger partial charge in [-0.05, 0) is 43.7 Å². The van der Waals surface area contributed by atoms with Gasteiger partial charge in [-0.1, -0.05) is 18.2 Å². The molecule has 0 atom stereocenters. The lowest BCUT2D eigenvalue weighted by molar-refractivity contribution is 0.590. The summed E-state index contributed by atoms with van der Waals surface area (Å²) in [6.45, 7) is 4.23. The SMILES string of the molecule is CCN(c1cccc(C)c1)S(=O)(=O)CCc1ccccn1. The average Bonchev–Trinajstić information content (AvgIpc) is 2.47. The maximum Gasteiger partial charge on any atom is 0.235 e. The number of nitrogens with zero attached hydrogens (tertiary/aromatic N) is 2. The molecule has 4 nitrogen and oxygen atoms in total. The predicted molar refractivity (Wildman–Crippen MR) is 85.9 cm³/mol. The van der Waals surface area contributed by atoms with Crippen LogP contribution in [0, 0.1) is 6.92 Å². The third-order valence-corrected chi connectivity index (χ3v) is 5.12. The van der Waals surface area contributed by atoms with Gasteiger partial charge in [0.2, 0.25) is 10.0 Å². The van der Waals surface area contributed by atoms with Crippen molar-refractivity contribution in [2.75, 3.05) is 16.6 Å². The van der Waals surface area contributed by atoms with Gasteiger partial charge in [-0.15, -0.1) is 0 Å². The van der Waals surface area contributed by atoms with Gasteiger partial charge < -0.3 is 0 Å². The first-order valence-corrected chi connectivity index (χ1v) is 8.61. The summed E-state index contributed by atoms with van der Waals surface area (Å²) in [5.41, 5.74) is 2.56. The van der Waals surface area contributed by atoms with Gasteiger partial charge >= 0.3 is 0 Å². The average molecular weight is 304 g/mol. The minimum absolute atomic E-state index is 0.0613. The second-order valence-electron chi connectivity index (χ2n) is 4.89. The largest absolute Gasteiger partial charge is 0.271 e. The Bertz CT molecular complexity index is 684. The van der Waals surface area contributed by atoms with Crippen molar-refractivity contribution in [3.63, 3.8) is 0 Å². The summed E-state index contributed by atoms with van der Waals surface area (Å²) in [7, 11) is -3.35. The molecule has 0 bridgehead atoms. The molecule has 0 aliphatic heterocycles. The Morgan fingerprint density at radius 3 is 2.57 bits per heavy atom. The molecule has 0 radical (unpaired) electrons. The molecular formula is C16H20N2O2S. The number of hydrogen-bond acceptors (Lipinski definition) is 3. The van der Waals surface area contributed by atoms with Crippen LogP contribution in [0.15, 0.2) is 48.7 Å². The first-order chi connectivity index (χ1) is 10.0. The number of hydrogen-bond donors (Lipinski definition) is 0. The summed E-state index contributed by atoms with van der Waals surface area (Å²) in [6, 6.07) is 13.1. The second kappa shape index (κ2) is 6.72. The quantitative estimate of drug-likeness (QED) is 0.824. The highest BCUT2D eigenvalue weighted by atomic mass is 32.2. The van der Waals surface area contributed by atoms with Gasteiger partial charge in [0, 0.05) is 24.9 Å². The van der Waals surface area contributed by atoms with Crippen LogP contribution in [0.3, 0.4) is 0 Å². The molecule has 2 aromatic rings. The van der Waals surface area contributed by atoms with Gasteiger partial charge in [0.05, 0.1) is 11.4 Å². The van der Waals surface area contributed by atoms with Gasteiger partial charge in [-0.25, -0.2) is 8.42 Å². The van der Waals surface area contributed by atoms with E-state index in [1.54, 1.807) is 6.20 Å². The summed E-state index contributed by atoms with van der Waals surface area (Å²) in [5.74, 6) is 0.0613. The number of aryl methyl sites for hydroxylation is 2. The summed E-state index contributed by atoms with van der Waals surface area (Å²) in [6.07, 6.45) is 2.10. The van der Waals surface area contributed by atoms with E-state index in [1.165, 1.54) is 4.31 Å². The van der Waals surface area contributed by atoms with Crippen molar-refractivity contribution in [2.45, 2.75) is 20.3 Å². The molecule has 0 saturated heterocycles. The van der Waals surface area contributed by atoms with E-state index in [4.69, 9.17) is 0 Å². The molecule has 2 rings (SSSR count). The number of pyridine rings is 1. The maximum atomic E-state index is 12.5. The van der Waals surface area contributed by atoms with Gasteiger partial charge in [-0.2, -0.15) is 0 Å². The van der Waals surface area contributed by atoms with Crippen molar-refractivity contribution in [3.05, 3.63) is 59.9 Å². The lowest BCUT2D eigenvalue weighted by Crippen LogP contribution is -2.33. The molecule has 1 heterocycles. The van der Waals surface area contributed by atoms with Crippen molar-refractivity contribution in [1.29, 1.82) is 0 Å². The summed E-state index contributed by atoms with van der Waals surface area (Å²) < 4.78 is 26.6. The molecule has 0 spiro atoms. The number of anilines is 1. The van der Waals surface area contributed by atoms with E-state index < -0.39 is 10.0 Å². The first kappa shape index (κ1) is 15.5. The smallest absolute Gasteiger partial charge is 0.235 e. The normalized spacial score (nSPS) is 11.3. The fraction of sp³-hybridized carbons (Fsp3) is 0.312. The zero-order chi connectivity index (χ0) is 15.3. The lowest BCUT2D eigenvalue weighted by atomic mass is 10.2. The number of aromatic nitrogens is 1. The maximum absolute atomic E-state index is 12.5. The van der Waals surface area contributed by atoms with Crippen LogP contribution in [-0.4, -0.2) is 25.7 Å². The Morgan fingerprint density at radius 1 is 1.14 bits per heavy atom. The van der Waals surface area contributed by atoms with Crippen LogP contribution < -0.4 is 4.31 Å². The molecule has 1 aromatic heterocycles. The Morgan fingerprint density at radius 2 is 1.95 bits per heavy atom. The first-order valence-electron chi connectivity index (χ1n) is 7.00. The van der Waals surface area contributed by atoms with Crippen LogP contribution in [0.1, 0.15) is 18.2 Å². The minimum atomic E-state index is -3.35. The Labute approximate surface area is 126 Å². The molecule has 0 unspecified atom stereocenters. The summed E-state index contributed by atoms with van der Waals surface area (Å²) >= 11 is 0.